The van der Waals surface area contributed by atoms with Crippen LogP contribution < -0.4 is 0 Å². The first-order valence-electron chi connectivity index (χ1n) is 4.81. The second-order valence-corrected chi connectivity index (χ2v) is 3.39. The fourth-order valence-corrected chi connectivity index (χ4v) is 1.52. The summed E-state index contributed by atoms with van der Waals surface area (Å²) in [4.78, 5) is 0. The minimum atomic E-state index is 0.566. The molecule has 66 valence electrons. The molecule has 1 aliphatic rings. The topological polar surface area (TPSA) is 0 Å². The second-order valence-electron chi connectivity index (χ2n) is 3.39. The van der Waals surface area contributed by atoms with Gasteiger partial charge in [-0.05, 0) is 31.6 Å². The predicted molar refractivity (Wildman–Crippen MR) is 55.1 cm³/mol. The third kappa shape index (κ3) is 2.69. The highest BCUT2D eigenvalue weighted by molar-refractivity contribution is 5.13. The molecule has 0 fully saturated rings. The number of rotatable bonds is 2. The molecule has 0 saturated heterocycles. The van der Waals surface area contributed by atoms with E-state index in [1.54, 1.807) is 5.57 Å². The van der Waals surface area contributed by atoms with Gasteiger partial charge in [-0.1, -0.05) is 36.8 Å². The van der Waals surface area contributed by atoms with E-state index in [2.05, 4.69) is 31.7 Å². The van der Waals surface area contributed by atoms with E-state index in [0.29, 0.717) is 5.92 Å². The molecule has 0 heterocycles. The fraction of sp³-hybridized carbons (Fsp3) is 0.500. The summed E-state index contributed by atoms with van der Waals surface area (Å²) in [7, 11) is 0. The zero-order valence-corrected chi connectivity index (χ0v) is 7.92. The lowest BCUT2D eigenvalue weighted by molar-refractivity contribution is 0.763. The highest BCUT2D eigenvalue weighted by Crippen LogP contribution is 2.20. The molecular weight excluding hydrogens is 144 g/mol. The summed E-state index contributed by atoms with van der Waals surface area (Å²) in [5, 5.41) is 0. The van der Waals surface area contributed by atoms with Crippen LogP contribution in [0.5, 0.6) is 0 Å². The predicted octanol–water partition coefficient (Wildman–Crippen LogP) is 3.87. The van der Waals surface area contributed by atoms with Crippen LogP contribution in [0.25, 0.3) is 0 Å². The van der Waals surface area contributed by atoms with Crippen LogP contribution >= 0.6 is 0 Å². The summed E-state index contributed by atoms with van der Waals surface area (Å²) in [6.07, 6.45) is 13.8. The standard InChI is InChI=1S/C12H18/c1-3-11(2)12-9-7-5-4-6-8-10-12/h3-5,10-11H,1,6-9H2,2H3. The first kappa shape index (κ1) is 9.31. The van der Waals surface area contributed by atoms with Crippen LogP contribution in [0.2, 0.25) is 0 Å². The van der Waals surface area contributed by atoms with Crippen molar-refractivity contribution in [1.82, 2.24) is 0 Å². The molecule has 0 saturated carbocycles. The molecule has 1 atom stereocenters. The molecule has 1 unspecified atom stereocenters. The van der Waals surface area contributed by atoms with Gasteiger partial charge in [0.05, 0.1) is 0 Å². The lowest BCUT2D eigenvalue weighted by atomic mass is 9.94. The van der Waals surface area contributed by atoms with Gasteiger partial charge < -0.3 is 0 Å². The van der Waals surface area contributed by atoms with Gasteiger partial charge in [0.15, 0.2) is 0 Å². The Bertz CT molecular complexity index is 196. The van der Waals surface area contributed by atoms with Crippen LogP contribution in [0.1, 0.15) is 32.6 Å². The van der Waals surface area contributed by atoms with Crippen molar-refractivity contribution < 1.29 is 0 Å². The molecule has 0 aromatic heterocycles. The van der Waals surface area contributed by atoms with Crippen molar-refractivity contribution in [3.8, 4) is 0 Å². The maximum absolute atomic E-state index is 3.83. The Balaban J connectivity index is 2.55. The van der Waals surface area contributed by atoms with Gasteiger partial charge in [0.2, 0.25) is 0 Å². The van der Waals surface area contributed by atoms with Crippen LogP contribution in [0.15, 0.2) is 36.5 Å². The van der Waals surface area contributed by atoms with Gasteiger partial charge in [0.25, 0.3) is 0 Å². The summed E-state index contributed by atoms with van der Waals surface area (Å²) in [6.45, 7) is 6.06. The molecule has 0 aliphatic heterocycles. The highest BCUT2D eigenvalue weighted by Gasteiger charge is 2.04. The second kappa shape index (κ2) is 4.97. The van der Waals surface area contributed by atoms with Crippen molar-refractivity contribution in [2.24, 2.45) is 5.92 Å². The molecule has 0 N–H and O–H groups in total. The van der Waals surface area contributed by atoms with Gasteiger partial charge in [-0.15, -0.1) is 6.58 Å². The Morgan fingerprint density at radius 1 is 1.33 bits per heavy atom. The van der Waals surface area contributed by atoms with Crippen LogP contribution in [0.3, 0.4) is 0 Å². The third-order valence-corrected chi connectivity index (χ3v) is 2.44. The maximum atomic E-state index is 3.83. The lowest BCUT2D eigenvalue weighted by Gasteiger charge is -2.12. The minimum absolute atomic E-state index is 0.566. The van der Waals surface area contributed by atoms with Crippen molar-refractivity contribution in [2.75, 3.05) is 0 Å². The molecule has 0 radical (unpaired) electrons. The van der Waals surface area contributed by atoms with Crippen LogP contribution in [0, 0.1) is 5.92 Å². The SMILES string of the molecule is C=CC(C)C1=CCCC=CCC1. The average molecular weight is 162 g/mol. The lowest BCUT2D eigenvalue weighted by Crippen LogP contribution is -1.96. The molecule has 0 nitrogen and oxygen atoms in total. The molecule has 0 aromatic rings. The smallest absolute Gasteiger partial charge is 0.00542 e. The summed E-state index contributed by atoms with van der Waals surface area (Å²) < 4.78 is 0. The molecule has 0 bridgehead atoms. The van der Waals surface area contributed by atoms with Gasteiger partial charge in [0, 0.05) is 0 Å². The van der Waals surface area contributed by atoms with E-state index in [1.165, 1.54) is 25.7 Å². The summed E-state index contributed by atoms with van der Waals surface area (Å²) in [5.74, 6) is 0.566. The summed E-state index contributed by atoms with van der Waals surface area (Å²) in [6, 6.07) is 0. The highest BCUT2D eigenvalue weighted by atomic mass is 14.1. The van der Waals surface area contributed by atoms with Crippen LogP contribution in [0.4, 0.5) is 0 Å². The van der Waals surface area contributed by atoms with Gasteiger partial charge in [-0.25, -0.2) is 0 Å². The van der Waals surface area contributed by atoms with E-state index in [4.69, 9.17) is 0 Å². The van der Waals surface area contributed by atoms with Gasteiger partial charge in [-0.2, -0.15) is 0 Å². The molecular formula is C12H18. The normalized spacial score (nSPS) is 20.6. The van der Waals surface area contributed by atoms with Gasteiger partial charge >= 0.3 is 0 Å². The number of hydrogen-bond acceptors (Lipinski definition) is 0. The zero-order chi connectivity index (χ0) is 8.81. The fourth-order valence-electron chi connectivity index (χ4n) is 1.52. The van der Waals surface area contributed by atoms with Gasteiger partial charge in [-0.3, -0.25) is 0 Å². The van der Waals surface area contributed by atoms with E-state index >= 15 is 0 Å². The van der Waals surface area contributed by atoms with Crippen LogP contribution in [-0.2, 0) is 0 Å². The van der Waals surface area contributed by atoms with E-state index < -0.39 is 0 Å². The van der Waals surface area contributed by atoms with E-state index in [9.17, 15) is 0 Å². The maximum Gasteiger partial charge on any atom is -0.00542 e. The van der Waals surface area contributed by atoms with Crippen LogP contribution in [-0.4, -0.2) is 0 Å². The van der Waals surface area contributed by atoms with Crippen molar-refractivity contribution >= 4 is 0 Å². The van der Waals surface area contributed by atoms with Gasteiger partial charge in [0.1, 0.15) is 0 Å². The Morgan fingerprint density at radius 2 is 2.08 bits per heavy atom. The van der Waals surface area contributed by atoms with Crippen molar-refractivity contribution in [3.63, 3.8) is 0 Å². The number of allylic oxidation sites excluding steroid dienone is 5. The quantitative estimate of drug-likeness (QED) is 0.541. The molecule has 12 heavy (non-hydrogen) atoms. The molecule has 0 amide bonds. The van der Waals surface area contributed by atoms with E-state index in [-0.39, 0.29) is 0 Å². The van der Waals surface area contributed by atoms with Crippen molar-refractivity contribution in [3.05, 3.63) is 36.5 Å². The molecule has 1 aliphatic carbocycles. The molecule has 0 heteroatoms. The zero-order valence-electron chi connectivity index (χ0n) is 7.92. The Kier molecular flexibility index (Phi) is 3.86. The number of hydrogen-bond donors (Lipinski definition) is 0. The Hall–Kier alpha value is -0.780. The minimum Gasteiger partial charge on any atom is -0.102 e. The van der Waals surface area contributed by atoms with Crippen molar-refractivity contribution in [1.29, 1.82) is 0 Å². The largest absolute Gasteiger partial charge is 0.102 e. The summed E-state index contributed by atoms with van der Waals surface area (Å²) >= 11 is 0. The first-order chi connectivity index (χ1) is 5.84. The third-order valence-electron chi connectivity index (χ3n) is 2.44. The molecule has 1 rings (SSSR count). The van der Waals surface area contributed by atoms with Crippen molar-refractivity contribution in [2.45, 2.75) is 32.6 Å². The molecule has 0 spiro atoms. The Labute approximate surface area is 75.7 Å². The van der Waals surface area contributed by atoms with E-state index in [0.717, 1.165) is 0 Å². The first-order valence-corrected chi connectivity index (χ1v) is 4.81. The average Bonchev–Trinajstić information content (AvgIpc) is 2.02. The Morgan fingerprint density at radius 3 is 2.83 bits per heavy atom. The summed E-state index contributed by atoms with van der Waals surface area (Å²) in [5.41, 5.74) is 1.56. The van der Waals surface area contributed by atoms with E-state index in [1.807, 2.05) is 6.08 Å². The monoisotopic (exact) mass is 162 g/mol. The molecule has 0 aromatic carbocycles.